The van der Waals surface area contributed by atoms with Gasteiger partial charge in [0.15, 0.2) is 0 Å². The molecule has 1 aliphatic carbocycles. The number of fused-ring (bicyclic) bond motifs is 1. The van der Waals surface area contributed by atoms with Gasteiger partial charge in [-0.2, -0.15) is 0 Å². The Hall–Kier alpha value is -0.860. The van der Waals surface area contributed by atoms with Crippen LogP contribution in [0.15, 0.2) is 24.3 Å². The van der Waals surface area contributed by atoms with Crippen molar-refractivity contribution in [3.63, 3.8) is 0 Å². The van der Waals surface area contributed by atoms with E-state index < -0.39 is 0 Å². The van der Waals surface area contributed by atoms with Crippen molar-refractivity contribution >= 4 is 0 Å². The second-order valence-electron chi connectivity index (χ2n) is 6.21. The average molecular weight is 258 g/mol. The highest BCUT2D eigenvalue weighted by Gasteiger charge is 2.18. The maximum atomic E-state index is 3.69. The van der Waals surface area contributed by atoms with Gasteiger partial charge in [-0.05, 0) is 42.9 Å². The third-order valence-corrected chi connectivity index (χ3v) is 4.71. The molecule has 1 unspecified atom stereocenters. The van der Waals surface area contributed by atoms with Gasteiger partial charge in [-0.3, -0.25) is 0 Å². The summed E-state index contributed by atoms with van der Waals surface area (Å²) in [5, 5.41) is 7.34. The van der Waals surface area contributed by atoms with Crippen molar-refractivity contribution in [1.29, 1.82) is 0 Å². The summed E-state index contributed by atoms with van der Waals surface area (Å²) >= 11 is 0. The minimum atomic E-state index is 0.610. The molecular formula is C17H26N2. The molecule has 0 aromatic heterocycles. The third-order valence-electron chi connectivity index (χ3n) is 4.71. The van der Waals surface area contributed by atoms with E-state index in [1.165, 1.54) is 56.2 Å². The lowest BCUT2D eigenvalue weighted by atomic mass is 9.89. The molecule has 19 heavy (non-hydrogen) atoms. The van der Waals surface area contributed by atoms with Crippen molar-refractivity contribution in [2.45, 2.75) is 51.1 Å². The fourth-order valence-corrected chi connectivity index (χ4v) is 3.52. The lowest BCUT2D eigenvalue weighted by Crippen LogP contribution is -2.44. The molecule has 0 saturated heterocycles. The molecule has 1 fully saturated rings. The summed E-state index contributed by atoms with van der Waals surface area (Å²) in [7, 11) is 0. The van der Waals surface area contributed by atoms with Crippen LogP contribution in [0.5, 0.6) is 0 Å². The van der Waals surface area contributed by atoms with Crippen LogP contribution in [0.1, 0.15) is 43.2 Å². The van der Waals surface area contributed by atoms with Gasteiger partial charge in [0, 0.05) is 19.1 Å². The molecule has 1 saturated carbocycles. The van der Waals surface area contributed by atoms with Crippen LogP contribution in [0.2, 0.25) is 0 Å². The standard InChI is InChI=1S/C17H26N2/c1-2-6-14(7-3-1)11-18-13-17-10-15-8-4-5-9-16(15)12-19-17/h4-5,8-9,14,17-19H,1-3,6-7,10-13H2. The fourth-order valence-electron chi connectivity index (χ4n) is 3.52. The van der Waals surface area contributed by atoms with Crippen LogP contribution < -0.4 is 10.6 Å². The van der Waals surface area contributed by atoms with E-state index in [4.69, 9.17) is 0 Å². The molecule has 0 radical (unpaired) electrons. The van der Waals surface area contributed by atoms with Crippen LogP contribution in [-0.4, -0.2) is 19.1 Å². The second-order valence-corrected chi connectivity index (χ2v) is 6.21. The van der Waals surface area contributed by atoms with Gasteiger partial charge in [-0.15, -0.1) is 0 Å². The number of rotatable bonds is 4. The Bertz CT molecular complexity index is 396. The van der Waals surface area contributed by atoms with Gasteiger partial charge < -0.3 is 10.6 Å². The number of nitrogens with one attached hydrogen (secondary N) is 2. The van der Waals surface area contributed by atoms with Crippen molar-refractivity contribution in [2.24, 2.45) is 5.92 Å². The van der Waals surface area contributed by atoms with E-state index in [-0.39, 0.29) is 0 Å². The van der Waals surface area contributed by atoms with Crippen LogP contribution in [0.25, 0.3) is 0 Å². The quantitative estimate of drug-likeness (QED) is 0.868. The third kappa shape index (κ3) is 3.58. The van der Waals surface area contributed by atoms with E-state index in [0.717, 1.165) is 19.0 Å². The molecule has 104 valence electrons. The number of hydrogen-bond donors (Lipinski definition) is 2. The van der Waals surface area contributed by atoms with Crippen molar-refractivity contribution in [3.05, 3.63) is 35.4 Å². The fraction of sp³-hybridized carbons (Fsp3) is 0.647. The van der Waals surface area contributed by atoms with E-state index >= 15 is 0 Å². The summed E-state index contributed by atoms with van der Waals surface area (Å²) in [6.07, 6.45) is 8.40. The first-order chi connectivity index (χ1) is 9.42. The van der Waals surface area contributed by atoms with Gasteiger partial charge in [0.25, 0.3) is 0 Å². The Morgan fingerprint density at radius 2 is 1.79 bits per heavy atom. The molecule has 0 amide bonds. The topological polar surface area (TPSA) is 24.1 Å². The predicted molar refractivity (Wildman–Crippen MR) is 80.2 cm³/mol. The summed E-state index contributed by atoms with van der Waals surface area (Å²) in [5.41, 5.74) is 3.01. The first-order valence-corrected chi connectivity index (χ1v) is 7.93. The smallest absolute Gasteiger partial charge is 0.0236 e. The molecule has 0 bridgehead atoms. The van der Waals surface area contributed by atoms with Gasteiger partial charge in [-0.25, -0.2) is 0 Å². The second kappa shape index (κ2) is 6.53. The van der Waals surface area contributed by atoms with Crippen molar-refractivity contribution in [3.8, 4) is 0 Å². The minimum absolute atomic E-state index is 0.610. The maximum Gasteiger partial charge on any atom is 0.0236 e. The highest BCUT2D eigenvalue weighted by Crippen LogP contribution is 2.22. The zero-order valence-corrected chi connectivity index (χ0v) is 11.8. The Balaban J connectivity index is 1.42. The summed E-state index contributed by atoms with van der Waals surface area (Å²) in [6.45, 7) is 3.37. The average Bonchev–Trinajstić information content (AvgIpc) is 2.48. The van der Waals surface area contributed by atoms with E-state index in [1.807, 2.05) is 0 Å². The van der Waals surface area contributed by atoms with Crippen LogP contribution >= 0.6 is 0 Å². The summed E-state index contributed by atoms with van der Waals surface area (Å²) in [4.78, 5) is 0. The van der Waals surface area contributed by atoms with Crippen molar-refractivity contribution in [1.82, 2.24) is 10.6 Å². The normalized spacial score (nSPS) is 24.1. The van der Waals surface area contributed by atoms with Crippen molar-refractivity contribution in [2.75, 3.05) is 13.1 Å². The first kappa shape index (κ1) is 13.1. The predicted octanol–water partition coefficient (Wildman–Crippen LogP) is 2.87. The molecule has 2 aliphatic rings. The Morgan fingerprint density at radius 1 is 1.00 bits per heavy atom. The lowest BCUT2D eigenvalue weighted by Gasteiger charge is -2.28. The molecule has 1 aromatic carbocycles. The number of benzene rings is 1. The van der Waals surface area contributed by atoms with E-state index in [1.54, 1.807) is 0 Å². The lowest BCUT2D eigenvalue weighted by molar-refractivity contribution is 0.332. The first-order valence-electron chi connectivity index (χ1n) is 7.93. The molecule has 3 rings (SSSR count). The summed E-state index contributed by atoms with van der Waals surface area (Å²) < 4.78 is 0. The van der Waals surface area contributed by atoms with Gasteiger partial charge in [0.05, 0.1) is 0 Å². The molecular weight excluding hydrogens is 232 g/mol. The van der Waals surface area contributed by atoms with Crippen molar-refractivity contribution < 1.29 is 0 Å². The van der Waals surface area contributed by atoms with Gasteiger partial charge in [0.2, 0.25) is 0 Å². The SMILES string of the molecule is c1ccc2c(c1)CNC(CNCC1CCCCC1)C2. The zero-order chi connectivity index (χ0) is 12.9. The zero-order valence-electron chi connectivity index (χ0n) is 11.8. The highest BCUT2D eigenvalue weighted by atomic mass is 15.0. The molecule has 1 aromatic rings. The van der Waals surface area contributed by atoms with E-state index in [2.05, 4.69) is 34.9 Å². The molecule has 2 heteroatoms. The Morgan fingerprint density at radius 3 is 2.63 bits per heavy atom. The van der Waals surface area contributed by atoms with Gasteiger partial charge in [-0.1, -0.05) is 43.5 Å². The Labute approximate surface area is 117 Å². The molecule has 1 atom stereocenters. The van der Waals surface area contributed by atoms with Crippen LogP contribution in [0.3, 0.4) is 0 Å². The van der Waals surface area contributed by atoms with E-state index in [9.17, 15) is 0 Å². The van der Waals surface area contributed by atoms with Crippen LogP contribution in [0, 0.1) is 5.92 Å². The van der Waals surface area contributed by atoms with E-state index in [0.29, 0.717) is 6.04 Å². The highest BCUT2D eigenvalue weighted by molar-refractivity contribution is 5.29. The maximum absolute atomic E-state index is 3.69. The van der Waals surface area contributed by atoms with Crippen LogP contribution in [-0.2, 0) is 13.0 Å². The monoisotopic (exact) mass is 258 g/mol. The molecule has 2 nitrogen and oxygen atoms in total. The molecule has 1 heterocycles. The minimum Gasteiger partial charge on any atom is -0.315 e. The molecule has 2 N–H and O–H groups in total. The molecule has 0 spiro atoms. The van der Waals surface area contributed by atoms with Gasteiger partial charge in [0.1, 0.15) is 0 Å². The van der Waals surface area contributed by atoms with Gasteiger partial charge >= 0.3 is 0 Å². The summed E-state index contributed by atoms with van der Waals surface area (Å²) in [6, 6.07) is 9.44. The largest absolute Gasteiger partial charge is 0.315 e. The Kier molecular flexibility index (Phi) is 4.52. The summed E-state index contributed by atoms with van der Waals surface area (Å²) in [5.74, 6) is 0.935. The number of hydrogen-bond acceptors (Lipinski definition) is 2. The van der Waals surface area contributed by atoms with Crippen LogP contribution in [0.4, 0.5) is 0 Å². The molecule has 1 aliphatic heterocycles.